The van der Waals surface area contributed by atoms with Crippen LogP contribution in [0.5, 0.6) is 0 Å². The lowest BCUT2D eigenvalue weighted by Gasteiger charge is -2.29. The fourth-order valence-corrected chi connectivity index (χ4v) is 3.77. The number of fused-ring (bicyclic) bond motifs is 1. The average molecular weight is 457 g/mol. The Labute approximate surface area is 188 Å². The van der Waals surface area contributed by atoms with Gasteiger partial charge in [0.1, 0.15) is 11.4 Å². The summed E-state index contributed by atoms with van der Waals surface area (Å²) >= 11 is 6.16. The number of carboxylic acids is 1. The smallest absolute Gasteiger partial charge is 0.303 e. The summed E-state index contributed by atoms with van der Waals surface area (Å²) in [5.41, 5.74) is 0.878. The van der Waals surface area contributed by atoms with Crippen molar-refractivity contribution in [3.8, 4) is 23.0 Å². The molecule has 0 bridgehead atoms. The molecule has 1 atom stereocenters. The van der Waals surface area contributed by atoms with E-state index < -0.39 is 11.8 Å². The normalized spacial score (nSPS) is 12.9. The fraction of sp³-hybridized carbons (Fsp3) is 0.304. The molecule has 0 saturated carbocycles. The van der Waals surface area contributed by atoms with Crippen molar-refractivity contribution in [1.29, 1.82) is 0 Å². The Morgan fingerprint density at radius 3 is 2.69 bits per heavy atom. The third-order valence-corrected chi connectivity index (χ3v) is 5.73. The molecule has 0 radical (unpaired) electrons. The molecule has 7 nitrogen and oxygen atoms in total. The van der Waals surface area contributed by atoms with E-state index in [0.29, 0.717) is 16.1 Å². The Morgan fingerprint density at radius 1 is 1.25 bits per heavy atom. The van der Waals surface area contributed by atoms with E-state index in [0.717, 1.165) is 5.52 Å². The summed E-state index contributed by atoms with van der Waals surface area (Å²) in [6.45, 7) is 5.78. The van der Waals surface area contributed by atoms with Crippen molar-refractivity contribution >= 4 is 28.5 Å². The first-order valence-electron chi connectivity index (χ1n) is 10.1. The van der Waals surface area contributed by atoms with Crippen molar-refractivity contribution in [2.75, 3.05) is 0 Å². The Morgan fingerprint density at radius 2 is 2.03 bits per heavy atom. The second-order valence-electron chi connectivity index (χ2n) is 8.76. The van der Waals surface area contributed by atoms with Gasteiger partial charge in [0.2, 0.25) is 0 Å². The van der Waals surface area contributed by atoms with Gasteiger partial charge < -0.3 is 9.52 Å². The van der Waals surface area contributed by atoms with Gasteiger partial charge in [-0.15, -0.1) is 0 Å². The van der Waals surface area contributed by atoms with Crippen molar-refractivity contribution in [2.45, 2.75) is 33.6 Å². The second-order valence-corrected chi connectivity index (χ2v) is 9.20. The molecule has 0 unspecified atom stereocenters. The molecule has 2 N–H and O–H groups in total. The third kappa shape index (κ3) is 4.36. The largest absolute Gasteiger partial charge is 0.481 e. The molecule has 4 aromatic rings. The van der Waals surface area contributed by atoms with E-state index in [1.54, 1.807) is 30.3 Å². The molecule has 0 aliphatic carbocycles. The molecule has 0 aliphatic rings. The molecule has 166 valence electrons. The predicted octanol–water partition coefficient (Wildman–Crippen LogP) is 5.75. The zero-order valence-electron chi connectivity index (χ0n) is 17.8. The van der Waals surface area contributed by atoms with Gasteiger partial charge in [-0.25, -0.2) is 14.4 Å². The monoisotopic (exact) mass is 456 g/mol. The first-order chi connectivity index (χ1) is 15.1. The summed E-state index contributed by atoms with van der Waals surface area (Å²) in [7, 11) is 0. The zero-order chi connectivity index (χ0) is 23.0. The number of nitrogens with zero attached hydrogens (tertiary/aromatic N) is 3. The van der Waals surface area contributed by atoms with Gasteiger partial charge in [0.05, 0.1) is 17.5 Å². The fourth-order valence-electron chi connectivity index (χ4n) is 3.60. The topological polar surface area (TPSA) is 105 Å². The van der Waals surface area contributed by atoms with E-state index in [1.165, 1.54) is 6.26 Å². The number of carboxylic acid groups (broad SMARTS) is 1. The van der Waals surface area contributed by atoms with Crippen LogP contribution in [0.4, 0.5) is 4.39 Å². The highest BCUT2D eigenvalue weighted by molar-refractivity contribution is 6.31. The van der Waals surface area contributed by atoms with Gasteiger partial charge in [0.25, 0.3) is 0 Å². The molecule has 0 fully saturated rings. The second kappa shape index (κ2) is 8.35. The number of aromatic amines is 1. The maximum atomic E-state index is 15.5. The van der Waals surface area contributed by atoms with Gasteiger partial charge in [-0.2, -0.15) is 5.10 Å². The molecular weight excluding hydrogens is 435 g/mol. The van der Waals surface area contributed by atoms with Gasteiger partial charge in [-0.05, 0) is 48.1 Å². The van der Waals surface area contributed by atoms with Crippen LogP contribution in [0.3, 0.4) is 0 Å². The minimum atomic E-state index is -0.946. The van der Waals surface area contributed by atoms with Gasteiger partial charge in [0.15, 0.2) is 17.4 Å². The minimum Gasteiger partial charge on any atom is -0.481 e. The number of carbonyl (C=O) groups is 1. The maximum Gasteiger partial charge on any atom is 0.303 e. The maximum absolute atomic E-state index is 15.5. The van der Waals surface area contributed by atoms with Gasteiger partial charge in [0, 0.05) is 16.8 Å². The van der Waals surface area contributed by atoms with Gasteiger partial charge in [-0.3, -0.25) is 9.89 Å². The number of H-pyrrole nitrogens is 1. The Kier molecular flexibility index (Phi) is 5.73. The zero-order valence-corrected chi connectivity index (χ0v) is 18.6. The molecule has 0 aliphatic heterocycles. The lowest BCUT2D eigenvalue weighted by Crippen LogP contribution is -2.26. The number of halogens is 2. The highest BCUT2D eigenvalue weighted by Crippen LogP contribution is 2.35. The number of hydrogen-bond donors (Lipinski definition) is 2. The molecule has 4 rings (SSSR count). The summed E-state index contributed by atoms with van der Waals surface area (Å²) < 4.78 is 20.9. The summed E-state index contributed by atoms with van der Waals surface area (Å²) in [5, 5.41) is 17.8. The minimum absolute atomic E-state index is 0.00355. The third-order valence-electron chi connectivity index (χ3n) is 5.50. The summed E-state index contributed by atoms with van der Waals surface area (Å²) in [5.74, 6) is -1.49. The lowest BCUT2D eigenvalue weighted by atomic mass is 9.76. The van der Waals surface area contributed by atoms with E-state index >= 15 is 4.39 Å². The van der Waals surface area contributed by atoms with E-state index in [-0.39, 0.29) is 47.1 Å². The van der Waals surface area contributed by atoms with Crippen LogP contribution in [0.2, 0.25) is 5.02 Å². The van der Waals surface area contributed by atoms with Crippen LogP contribution in [0.25, 0.3) is 33.9 Å². The molecule has 0 spiro atoms. The van der Waals surface area contributed by atoms with Crippen LogP contribution < -0.4 is 0 Å². The predicted molar refractivity (Wildman–Crippen MR) is 119 cm³/mol. The van der Waals surface area contributed by atoms with Gasteiger partial charge in [-0.1, -0.05) is 32.4 Å². The molecule has 3 heterocycles. The number of rotatable bonds is 6. The van der Waals surface area contributed by atoms with E-state index in [4.69, 9.17) is 16.0 Å². The van der Waals surface area contributed by atoms with Crippen LogP contribution in [0.15, 0.2) is 41.0 Å². The SMILES string of the molecule is CC(C)(C)[C@@H](CC(=O)O)Cc1nc(-c2n[nH]c3ccc(Cl)cc23)nc(-c2ccco2)c1F. The first kappa shape index (κ1) is 22.0. The van der Waals surface area contributed by atoms with E-state index in [1.807, 2.05) is 20.8 Å². The lowest BCUT2D eigenvalue weighted by molar-refractivity contribution is -0.139. The highest BCUT2D eigenvalue weighted by atomic mass is 35.5. The number of furan rings is 1. The molecule has 9 heteroatoms. The van der Waals surface area contributed by atoms with Crippen molar-refractivity contribution < 1.29 is 18.7 Å². The molecule has 1 aromatic carbocycles. The van der Waals surface area contributed by atoms with Crippen LogP contribution in [0, 0.1) is 17.2 Å². The summed E-state index contributed by atoms with van der Waals surface area (Å²) in [6.07, 6.45) is 1.44. The Hall–Kier alpha value is -3.26. The number of benzene rings is 1. The van der Waals surface area contributed by atoms with Crippen LogP contribution in [-0.4, -0.2) is 31.2 Å². The number of aromatic nitrogens is 4. The Balaban J connectivity index is 1.89. The molecular formula is C23H22ClFN4O3. The van der Waals surface area contributed by atoms with Crippen molar-refractivity contribution in [1.82, 2.24) is 20.2 Å². The quantitative estimate of drug-likeness (QED) is 0.382. The molecule has 3 aromatic heterocycles. The first-order valence-corrected chi connectivity index (χ1v) is 10.5. The Bertz CT molecular complexity index is 1280. The summed E-state index contributed by atoms with van der Waals surface area (Å²) in [6, 6.07) is 8.50. The van der Waals surface area contributed by atoms with E-state index in [9.17, 15) is 9.90 Å². The van der Waals surface area contributed by atoms with Crippen molar-refractivity contribution in [3.05, 3.63) is 53.1 Å². The molecule has 32 heavy (non-hydrogen) atoms. The van der Waals surface area contributed by atoms with E-state index in [2.05, 4.69) is 20.2 Å². The van der Waals surface area contributed by atoms with Crippen LogP contribution in [0.1, 0.15) is 32.9 Å². The molecule has 0 amide bonds. The van der Waals surface area contributed by atoms with Gasteiger partial charge >= 0.3 is 5.97 Å². The van der Waals surface area contributed by atoms with Crippen molar-refractivity contribution in [3.63, 3.8) is 0 Å². The highest BCUT2D eigenvalue weighted by Gasteiger charge is 2.30. The van der Waals surface area contributed by atoms with Crippen molar-refractivity contribution in [2.24, 2.45) is 11.3 Å². The van der Waals surface area contributed by atoms with Crippen LogP contribution >= 0.6 is 11.6 Å². The average Bonchev–Trinajstić information content (AvgIpc) is 3.37. The number of hydrogen-bond acceptors (Lipinski definition) is 5. The number of nitrogens with one attached hydrogen (secondary N) is 1. The summed E-state index contributed by atoms with van der Waals surface area (Å²) in [4.78, 5) is 20.3. The number of aliphatic carboxylic acids is 1. The molecule has 0 saturated heterocycles. The van der Waals surface area contributed by atoms with Crippen LogP contribution in [-0.2, 0) is 11.2 Å². The standard InChI is InChI=1S/C23H22ClFN4O3/c1-23(2,3)12(10-18(30)31)9-16-19(25)21(17-5-4-8-32-17)27-22(26-16)20-14-11-13(24)6-7-15(14)28-29-20/h4-8,11-12H,9-10H2,1-3H3,(H,28,29)(H,30,31)/t12-/m1/s1.